The van der Waals surface area contributed by atoms with Crippen molar-refractivity contribution >= 4 is 0 Å². The molecule has 2 rings (SSSR count). The Labute approximate surface area is 85.8 Å². The second kappa shape index (κ2) is 5.10. The molecule has 0 aromatic rings. The summed E-state index contributed by atoms with van der Waals surface area (Å²) in [6.45, 7) is 2.19. The Hall–Kier alpha value is -0.120. The van der Waals surface area contributed by atoms with Crippen LogP contribution in [0.4, 0.5) is 0 Å². The predicted octanol–water partition coefficient (Wildman–Crippen LogP) is 1.06. The number of hydrogen-bond donors (Lipinski definition) is 2. The van der Waals surface area contributed by atoms with Crippen LogP contribution in [-0.2, 0) is 4.74 Å². The monoisotopic (exact) mass is 199 g/mol. The van der Waals surface area contributed by atoms with Gasteiger partial charge in [-0.1, -0.05) is 0 Å². The van der Waals surface area contributed by atoms with Gasteiger partial charge in [-0.05, 0) is 51.6 Å². The minimum atomic E-state index is -0.0668. The van der Waals surface area contributed by atoms with Crippen LogP contribution in [-0.4, -0.2) is 36.5 Å². The first kappa shape index (κ1) is 10.4. The Kier molecular flexibility index (Phi) is 3.79. The van der Waals surface area contributed by atoms with E-state index in [1.54, 1.807) is 0 Å². The second-order valence-corrected chi connectivity index (χ2v) is 4.52. The van der Waals surface area contributed by atoms with E-state index >= 15 is 0 Å². The first-order valence-electron chi connectivity index (χ1n) is 5.89. The number of aliphatic hydroxyl groups excluding tert-OH is 1. The summed E-state index contributed by atoms with van der Waals surface area (Å²) < 4.78 is 6.03. The summed E-state index contributed by atoms with van der Waals surface area (Å²) in [5.74, 6) is 0. The Morgan fingerprint density at radius 3 is 2.07 bits per heavy atom. The van der Waals surface area contributed by atoms with Crippen molar-refractivity contribution in [2.75, 3.05) is 13.1 Å². The fourth-order valence-electron chi connectivity index (χ4n) is 2.39. The molecule has 1 aliphatic heterocycles. The van der Waals surface area contributed by atoms with Gasteiger partial charge in [0.1, 0.15) is 0 Å². The molecule has 0 spiro atoms. The number of ether oxygens (including phenoxy) is 1. The van der Waals surface area contributed by atoms with Crippen LogP contribution in [0.1, 0.15) is 38.5 Å². The highest BCUT2D eigenvalue weighted by atomic mass is 16.5. The quantitative estimate of drug-likeness (QED) is 0.698. The lowest BCUT2D eigenvalue weighted by Gasteiger charge is -2.31. The molecule has 2 fully saturated rings. The van der Waals surface area contributed by atoms with Crippen LogP contribution in [0.15, 0.2) is 0 Å². The van der Waals surface area contributed by atoms with Gasteiger partial charge in [-0.3, -0.25) is 0 Å². The highest BCUT2D eigenvalue weighted by Crippen LogP contribution is 2.23. The molecule has 3 nitrogen and oxygen atoms in total. The zero-order valence-electron chi connectivity index (χ0n) is 8.74. The maximum atomic E-state index is 9.37. The smallest absolute Gasteiger partial charge is 0.0603 e. The van der Waals surface area contributed by atoms with E-state index in [4.69, 9.17) is 4.74 Å². The van der Waals surface area contributed by atoms with Crippen molar-refractivity contribution in [3.8, 4) is 0 Å². The van der Waals surface area contributed by atoms with Crippen molar-refractivity contribution in [1.82, 2.24) is 5.32 Å². The maximum absolute atomic E-state index is 9.37. The molecule has 14 heavy (non-hydrogen) atoms. The molecule has 0 aromatic carbocycles. The SMILES string of the molecule is OC1CCC(OC2CCNCC2)CC1. The van der Waals surface area contributed by atoms with Crippen LogP contribution in [0.3, 0.4) is 0 Å². The molecule has 82 valence electrons. The highest BCUT2D eigenvalue weighted by Gasteiger charge is 2.23. The average molecular weight is 199 g/mol. The predicted molar refractivity (Wildman–Crippen MR) is 55.2 cm³/mol. The second-order valence-electron chi connectivity index (χ2n) is 4.52. The third-order valence-electron chi connectivity index (χ3n) is 3.31. The standard InChI is InChI=1S/C11H21NO2/c13-9-1-3-10(4-2-9)14-11-5-7-12-8-6-11/h9-13H,1-8H2. The summed E-state index contributed by atoms with van der Waals surface area (Å²) in [4.78, 5) is 0. The fourth-order valence-corrected chi connectivity index (χ4v) is 2.39. The zero-order chi connectivity index (χ0) is 9.80. The first-order valence-corrected chi connectivity index (χ1v) is 5.89. The summed E-state index contributed by atoms with van der Waals surface area (Å²) in [6, 6.07) is 0. The lowest BCUT2D eigenvalue weighted by molar-refractivity contribution is -0.0576. The van der Waals surface area contributed by atoms with Gasteiger partial charge in [-0.15, -0.1) is 0 Å². The topological polar surface area (TPSA) is 41.5 Å². The van der Waals surface area contributed by atoms with E-state index < -0.39 is 0 Å². The molecule has 1 heterocycles. The Morgan fingerprint density at radius 2 is 1.43 bits per heavy atom. The molecule has 0 radical (unpaired) electrons. The van der Waals surface area contributed by atoms with E-state index in [2.05, 4.69) is 5.32 Å². The molecule has 0 unspecified atom stereocenters. The molecule has 1 saturated carbocycles. The molecule has 1 aliphatic carbocycles. The lowest BCUT2D eigenvalue weighted by Crippen LogP contribution is -2.36. The molecule has 0 bridgehead atoms. The van der Waals surface area contributed by atoms with E-state index in [0.29, 0.717) is 12.2 Å². The van der Waals surface area contributed by atoms with Crippen LogP contribution >= 0.6 is 0 Å². The van der Waals surface area contributed by atoms with Gasteiger partial charge < -0.3 is 15.2 Å². The minimum absolute atomic E-state index is 0.0668. The number of aliphatic hydroxyl groups is 1. The van der Waals surface area contributed by atoms with Crippen molar-refractivity contribution in [2.45, 2.75) is 56.8 Å². The van der Waals surface area contributed by atoms with Gasteiger partial charge in [0, 0.05) is 0 Å². The Morgan fingerprint density at radius 1 is 0.857 bits per heavy atom. The molecule has 2 N–H and O–H groups in total. The minimum Gasteiger partial charge on any atom is -0.393 e. The molecular weight excluding hydrogens is 178 g/mol. The zero-order valence-corrected chi connectivity index (χ0v) is 8.74. The van der Waals surface area contributed by atoms with Gasteiger partial charge >= 0.3 is 0 Å². The Bertz CT molecular complexity index is 161. The molecular formula is C11H21NO2. The van der Waals surface area contributed by atoms with Gasteiger partial charge in [0.05, 0.1) is 18.3 Å². The number of piperidine rings is 1. The van der Waals surface area contributed by atoms with Gasteiger partial charge in [0.25, 0.3) is 0 Å². The van der Waals surface area contributed by atoms with Crippen molar-refractivity contribution < 1.29 is 9.84 Å². The highest BCUT2D eigenvalue weighted by molar-refractivity contribution is 4.75. The molecule has 2 aliphatic rings. The normalized spacial score (nSPS) is 35.8. The van der Waals surface area contributed by atoms with Crippen LogP contribution in [0.25, 0.3) is 0 Å². The van der Waals surface area contributed by atoms with Gasteiger partial charge in [0.2, 0.25) is 0 Å². The third kappa shape index (κ3) is 2.94. The van der Waals surface area contributed by atoms with Crippen LogP contribution in [0, 0.1) is 0 Å². The van der Waals surface area contributed by atoms with Crippen molar-refractivity contribution in [1.29, 1.82) is 0 Å². The summed E-state index contributed by atoms with van der Waals surface area (Å²) >= 11 is 0. The summed E-state index contributed by atoms with van der Waals surface area (Å²) in [7, 11) is 0. The summed E-state index contributed by atoms with van der Waals surface area (Å²) in [6.07, 6.45) is 7.07. The van der Waals surface area contributed by atoms with E-state index in [1.807, 2.05) is 0 Å². The Balaban J connectivity index is 1.68. The molecule has 0 amide bonds. The number of nitrogens with one attached hydrogen (secondary N) is 1. The van der Waals surface area contributed by atoms with Crippen LogP contribution < -0.4 is 5.32 Å². The molecule has 0 atom stereocenters. The van der Waals surface area contributed by atoms with E-state index in [1.165, 1.54) is 0 Å². The number of hydrogen-bond acceptors (Lipinski definition) is 3. The fraction of sp³-hybridized carbons (Fsp3) is 1.00. The third-order valence-corrected chi connectivity index (χ3v) is 3.31. The molecule has 3 heteroatoms. The van der Waals surface area contributed by atoms with Crippen molar-refractivity contribution in [3.63, 3.8) is 0 Å². The van der Waals surface area contributed by atoms with Gasteiger partial charge in [-0.25, -0.2) is 0 Å². The number of rotatable bonds is 2. The van der Waals surface area contributed by atoms with E-state index in [0.717, 1.165) is 51.6 Å². The van der Waals surface area contributed by atoms with E-state index in [9.17, 15) is 5.11 Å². The van der Waals surface area contributed by atoms with E-state index in [-0.39, 0.29) is 6.10 Å². The van der Waals surface area contributed by atoms with Crippen molar-refractivity contribution in [2.24, 2.45) is 0 Å². The van der Waals surface area contributed by atoms with Crippen molar-refractivity contribution in [3.05, 3.63) is 0 Å². The lowest BCUT2D eigenvalue weighted by atomic mass is 9.95. The van der Waals surface area contributed by atoms with Crippen LogP contribution in [0.2, 0.25) is 0 Å². The molecule has 1 saturated heterocycles. The van der Waals surface area contributed by atoms with Gasteiger partial charge in [0.15, 0.2) is 0 Å². The summed E-state index contributed by atoms with van der Waals surface area (Å²) in [5, 5.41) is 12.7. The largest absolute Gasteiger partial charge is 0.393 e. The molecule has 0 aromatic heterocycles. The summed E-state index contributed by atoms with van der Waals surface area (Å²) in [5.41, 5.74) is 0. The van der Waals surface area contributed by atoms with Gasteiger partial charge in [-0.2, -0.15) is 0 Å². The average Bonchev–Trinajstić information content (AvgIpc) is 2.23. The first-order chi connectivity index (χ1) is 6.84. The maximum Gasteiger partial charge on any atom is 0.0603 e. The van der Waals surface area contributed by atoms with Crippen LogP contribution in [0.5, 0.6) is 0 Å².